The third-order valence-corrected chi connectivity index (χ3v) is 5.15. The maximum atomic E-state index is 12.2. The molecule has 0 unspecified atom stereocenters. The molecule has 0 spiro atoms. The average molecular weight is 428 g/mol. The summed E-state index contributed by atoms with van der Waals surface area (Å²) in [6.07, 6.45) is 4.58. The number of phenolic OH excluding ortho intramolecular Hbond substituents is 1. The Kier molecular flexibility index (Phi) is 6.55. The second-order valence-corrected chi connectivity index (χ2v) is 7.62. The molecule has 7 heteroatoms. The Morgan fingerprint density at radius 3 is 2.66 bits per heavy atom. The third kappa shape index (κ3) is 5.37. The molecule has 0 aliphatic rings. The number of aryl methyl sites for hydroxylation is 2. The van der Waals surface area contributed by atoms with Crippen molar-refractivity contribution in [3.8, 4) is 17.0 Å². The number of hydrogen-bond acceptors (Lipinski definition) is 5. The highest BCUT2D eigenvalue weighted by atomic mass is 16.3. The number of aromatic hydroxyl groups is 1. The standard InChI is InChI=1S/C25H25N5O2/c1-17-15-19(31)10-11-20(17)22-16-27-21-12-13-23(29-24(21)28-22)30-25(32)26-14-6-5-9-18-7-3-2-4-8-18/h2-4,7-8,10-13,15-16,31H,5-6,9,14H2,1H3,(H2,26,28,29,30,32). The van der Waals surface area contributed by atoms with Crippen molar-refractivity contribution in [1.29, 1.82) is 0 Å². The van der Waals surface area contributed by atoms with Gasteiger partial charge in [0.2, 0.25) is 0 Å². The van der Waals surface area contributed by atoms with E-state index in [2.05, 4.69) is 37.7 Å². The van der Waals surface area contributed by atoms with E-state index in [4.69, 9.17) is 0 Å². The van der Waals surface area contributed by atoms with Crippen LogP contribution in [0.5, 0.6) is 5.75 Å². The number of fused-ring (bicyclic) bond motifs is 1. The number of aromatic nitrogens is 3. The number of pyridine rings is 1. The molecule has 0 atom stereocenters. The topological polar surface area (TPSA) is 100 Å². The predicted molar refractivity (Wildman–Crippen MR) is 126 cm³/mol. The van der Waals surface area contributed by atoms with Crippen LogP contribution in [0, 0.1) is 6.92 Å². The second kappa shape index (κ2) is 9.87. The van der Waals surface area contributed by atoms with Gasteiger partial charge in [-0.3, -0.25) is 10.3 Å². The molecule has 0 bridgehead atoms. The van der Waals surface area contributed by atoms with Crippen LogP contribution in [0.15, 0.2) is 66.9 Å². The molecule has 162 valence electrons. The van der Waals surface area contributed by atoms with E-state index in [0.29, 0.717) is 29.2 Å². The first-order valence-electron chi connectivity index (χ1n) is 10.6. The summed E-state index contributed by atoms with van der Waals surface area (Å²) < 4.78 is 0. The first kappa shape index (κ1) is 21.2. The fourth-order valence-electron chi connectivity index (χ4n) is 3.49. The van der Waals surface area contributed by atoms with Crippen LogP contribution in [-0.2, 0) is 6.42 Å². The largest absolute Gasteiger partial charge is 0.508 e. The Hall–Kier alpha value is -4.00. The summed E-state index contributed by atoms with van der Waals surface area (Å²) in [7, 11) is 0. The summed E-state index contributed by atoms with van der Waals surface area (Å²) in [6, 6.07) is 18.6. The van der Waals surface area contributed by atoms with Gasteiger partial charge in [-0.2, -0.15) is 0 Å². The Morgan fingerprint density at radius 2 is 1.84 bits per heavy atom. The molecule has 0 fully saturated rings. The average Bonchev–Trinajstić information content (AvgIpc) is 2.79. The van der Waals surface area contributed by atoms with Crippen LogP contribution < -0.4 is 10.6 Å². The lowest BCUT2D eigenvalue weighted by Crippen LogP contribution is -2.29. The summed E-state index contributed by atoms with van der Waals surface area (Å²) in [5.41, 5.74) is 4.79. The minimum atomic E-state index is -0.296. The van der Waals surface area contributed by atoms with Gasteiger partial charge in [-0.15, -0.1) is 0 Å². The van der Waals surface area contributed by atoms with Crippen LogP contribution in [0.25, 0.3) is 22.4 Å². The monoisotopic (exact) mass is 427 g/mol. The lowest BCUT2D eigenvalue weighted by molar-refractivity contribution is 0.252. The van der Waals surface area contributed by atoms with Crippen molar-refractivity contribution < 1.29 is 9.90 Å². The molecule has 2 aromatic heterocycles. The fourth-order valence-corrected chi connectivity index (χ4v) is 3.49. The first-order valence-corrected chi connectivity index (χ1v) is 10.6. The molecule has 0 aliphatic heterocycles. The lowest BCUT2D eigenvalue weighted by atomic mass is 10.1. The van der Waals surface area contributed by atoms with Crippen molar-refractivity contribution in [2.75, 3.05) is 11.9 Å². The van der Waals surface area contributed by atoms with Gasteiger partial charge >= 0.3 is 6.03 Å². The quantitative estimate of drug-likeness (QED) is 0.366. The molecule has 2 heterocycles. The maximum Gasteiger partial charge on any atom is 0.320 e. The summed E-state index contributed by atoms with van der Waals surface area (Å²) in [4.78, 5) is 25.7. The van der Waals surface area contributed by atoms with Gasteiger partial charge in [0, 0.05) is 12.1 Å². The van der Waals surface area contributed by atoms with E-state index in [1.54, 1.807) is 36.5 Å². The van der Waals surface area contributed by atoms with Gasteiger partial charge in [-0.05, 0) is 67.6 Å². The summed E-state index contributed by atoms with van der Waals surface area (Å²) in [5, 5.41) is 15.3. The number of benzene rings is 2. The van der Waals surface area contributed by atoms with Gasteiger partial charge in [0.15, 0.2) is 5.65 Å². The number of nitrogens with zero attached hydrogens (tertiary/aromatic N) is 3. The number of phenols is 1. The van der Waals surface area contributed by atoms with Gasteiger partial charge in [0.25, 0.3) is 0 Å². The number of nitrogens with one attached hydrogen (secondary N) is 2. The molecule has 0 radical (unpaired) electrons. The molecule has 3 N–H and O–H groups in total. The number of rotatable bonds is 7. The van der Waals surface area contributed by atoms with Crippen molar-refractivity contribution in [3.05, 3.63) is 78.0 Å². The highest BCUT2D eigenvalue weighted by Crippen LogP contribution is 2.25. The number of urea groups is 1. The smallest absolute Gasteiger partial charge is 0.320 e. The maximum absolute atomic E-state index is 12.2. The number of carbonyl (C=O) groups is 1. The Bertz CT molecular complexity index is 1230. The van der Waals surface area contributed by atoms with E-state index < -0.39 is 0 Å². The van der Waals surface area contributed by atoms with E-state index in [0.717, 1.165) is 30.4 Å². The third-order valence-electron chi connectivity index (χ3n) is 5.15. The van der Waals surface area contributed by atoms with Gasteiger partial charge in [0.1, 0.15) is 17.1 Å². The van der Waals surface area contributed by atoms with Crippen molar-refractivity contribution in [2.24, 2.45) is 0 Å². The number of carbonyl (C=O) groups excluding carboxylic acids is 1. The van der Waals surface area contributed by atoms with Crippen LogP contribution in [0.4, 0.5) is 10.6 Å². The van der Waals surface area contributed by atoms with Gasteiger partial charge < -0.3 is 10.4 Å². The fraction of sp³-hybridized carbons (Fsp3) is 0.200. The number of hydrogen-bond donors (Lipinski definition) is 3. The number of amides is 2. The lowest BCUT2D eigenvalue weighted by Gasteiger charge is -2.09. The number of anilines is 1. The van der Waals surface area contributed by atoms with Crippen molar-refractivity contribution >= 4 is 23.0 Å². The summed E-state index contributed by atoms with van der Waals surface area (Å²) in [5.74, 6) is 0.615. The zero-order valence-electron chi connectivity index (χ0n) is 17.9. The van der Waals surface area contributed by atoms with Crippen molar-refractivity contribution in [2.45, 2.75) is 26.2 Å². The zero-order valence-corrected chi connectivity index (χ0v) is 17.9. The predicted octanol–water partition coefficient (Wildman–Crippen LogP) is 4.85. The molecule has 0 saturated carbocycles. The van der Waals surface area contributed by atoms with Crippen LogP contribution in [0.1, 0.15) is 24.0 Å². The summed E-state index contributed by atoms with van der Waals surface area (Å²) >= 11 is 0. The first-order chi connectivity index (χ1) is 15.6. The molecule has 32 heavy (non-hydrogen) atoms. The molecular weight excluding hydrogens is 402 g/mol. The van der Waals surface area contributed by atoms with Crippen LogP contribution in [0.3, 0.4) is 0 Å². The molecule has 0 aliphatic carbocycles. The van der Waals surface area contributed by atoms with E-state index in [9.17, 15) is 9.90 Å². The number of unbranched alkanes of at least 4 members (excludes halogenated alkanes) is 1. The van der Waals surface area contributed by atoms with E-state index in [-0.39, 0.29) is 11.8 Å². The molecule has 4 rings (SSSR count). The molecular formula is C25H25N5O2. The Balaban J connectivity index is 1.35. The second-order valence-electron chi connectivity index (χ2n) is 7.62. The van der Waals surface area contributed by atoms with Gasteiger partial charge in [0.05, 0.1) is 11.9 Å². The molecule has 2 aromatic carbocycles. The zero-order chi connectivity index (χ0) is 22.3. The Labute approximate surface area is 186 Å². The minimum Gasteiger partial charge on any atom is -0.508 e. The van der Waals surface area contributed by atoms with E-state index in [1.165, 1.54) is 5.56 Å². The highest BCUT2D eigenvalue weighted by molar-refractivity contribution is 5.89. The normalized spacial score (nSPS) is 10.8. The SMILES string of the molecule is Cc1cc(O)ccc1-c1cnc2ccc(NC(=O)NCCCCc3ccccc3)nc2n1. The molecule has 7 nitrogen and oxygen atoms in total. The molecule has 2 amide bonds. The molecule has 0 saturated heterocycles. The molecule has 4 aromatic rings. The van der Waals surface area contributed by atoms with E-state index in [1.807, 2.05) is 25.1 Å². The van der Waals surface area contributed by atoms with E-state index >= 15 is 0 Å². The van der Waals surface area contributed by atoms with Crippen molar-refractivity contribution in [3.63, 3.8) is 0 Å². The van der Waals surface area contributed by atoms with Crippen molar-refractivity contribution in [1.82, 2.24) is 20.3 Å². The highest BCUT2D eigenvalue weighted by Gasteiger charge is 2.09. The van der Waals surface area contributed by atoms with Crippen LogP contribution in [-0.4, -0.2) is 32.6 Å². The van der Waals surface area contributed by atoms with Gasteiger partial charge in [-0.1, -0.05) is 30.3 Å². The Morgan fingerprint density at radius 1 is 1.00 bits per heavy atom. The minimum absolute atomic E-state index is 0.204. The van der Waals surface area contributed by atoms with Crippen LogP contribution in [0.2, 0.25) is 0 Å². The van der Waals surface area contributed by atoms with Gasteiger partial charge in [-0.25, -0.2) is 14.8 Å². The van der Waals surface area contributed by atoms with Crippen LogP contribution >= 0.6 is 0 Å². The summed E-state index contributed by atoms with van der Waals surface area (Å²) in [6.45, 7) is 2.49.